The molecule has 0 aliphatic rings. The van der Waals surface area contributed by atoms with Crippen LogP contribution < -0.4 is 10.6 Å². The predicted octanol–water partition coefficient (Wildman–Crippen LogP) is 4.70. The molecule has 0 fully saturated rings. The van der Waals surface area contributed by atoms with Gasteiger partial charge in [0.1, 0.15) is 0 Å². The van der Waals surface area contributed by atoms with Gasteiger partial charge in [-0.15, -0.1) is 0 Å². The fraction of sp³-hybridized carbons (Fsp3) is 0.909. The number of hydrogen-bond acceptors (Lipinski definition) is 4. The van der Waals surface area contributed by atoms with Crippen LogP contribution in [0, 0.1) is 5.41 Å². The quantitative estimate of drug-likeness (QED) is 0.453. The molecule has 0 atom stereocenters. The van der Waals surface area contributed by atoms with Gasteiger partial charge in [0.05, 0.1) is 5.54 Å². The maximum atomic E-state index is 12.5. The molecule has 28 heavy (non-hydrogen) atoms. The Labute approximate surface area is 178 Å². The molecule has 0 aromatic heterocycles. The Hall–Kier alpha value is -0.750. The summed E-state index contributed by atoms with van der Waals surface area (Å²) < 4.78 is 0.370. The highest BCUT2D eigenvalue weighted by atomic mass is 32.2. The molecule has 0 spiro atoms. The molecule has 0 saturated carbocycles. The van der Waals surface area contributed by atoms with E-state index in [0.29, 0.717) is 11.3 Å². The van der Waals surface area contributed by atoms with E-state index in [0.717, 1.165) is 13.1 Å². The molecule has 0 aromatic carbocycles. The minimum atomic E-state index is -0.873. The molecule has 0 radical (unpaired) electrons. The third-order valence-electron chi connectivity index (χ3n) is 4.42. The number of carbonyl (C=O) groups excluding carboxylic acids is 2. The molecule has 5 nitrogen and oxygen atoms in total. The third-order valence-corrected chi connectivity index (χ3v) is 5.78. The van der Waals surface area contributed by atoms with E-state index in [4.69, 9.17) is 0 Å². The number of urea groups is 1. The molecule has 0 heterocycles. The van der Waals surface area contributed by atoms with Gasteiger partial charge in [0, 0.05) is 30.3 Å². The third kappa shape index (κ3) is 12.7. The van der Waals surface area contributed by atoms with E-state index in [1.807, 2.05) is 32.5 Å². The van der Waals surface area contributed by atoms with Gasteiger partial charge in [-0.3, -0.25) is 4.79 Å². The number of Topliss-reactive ketones (excluding diaryl/α,β-unsaturated/α-hetero) is 1. The minimum Gasteiger partial charge on any atom is -0.327 e. The molecule has 0 aliphatic carbocycles. The number of hydrogen-bond donors (Lipinski definition) is 2. The van der Waals surface area contributed by atoms with Gasteiger partial charge in [-0.25, -0.2) is 4.79 Å². The Bertz CT molecular complexity index is 479. The molecular weight excluding hydrogens is 370 g/mol. The zero-order valence-electron chi connectivity index (χ0n) is 19.8. The topological polar surface area (TPSA) is 61.4 Å². The van der Waals surface area contributed by atoms with Crippen LogP contribution in [0.1, 0.15) is 81.1 Å². The fourth-order valence-electron chi connectivity index (χ4n) is 2.91. The standard InChI is InChI=1S/C22H45N3O2S/c1-20(2,3)18(26)22(7,8)24-19(27)25(9)16-15-23-14-12-10-11-13-17-28-21(4,5)6/h23H,10-17H2,1-9H3,(H,24,27). The van der Waals surface area contributed by atoms with Gasteiger partial charge < -0.3 is 15.5 Å². The smallest absolute Gasteiger partial charge is 0.317 e. The molecule has 0 unspecified atom stereocenters. The van der Waals surface area contributed by atoms with E-state index in [2.05, 4.69) is 31.4 Å². The van der Waals surface area contributed by atoms with Gasteiger partial charge in [0.25, 0.3) is 0 Å². The second-order valence-corrected chi connectivity index (χ2v) is 12.1. The molecule has 2 amide bonds. The van der Waals surface area contributed by atoms with E-state index in [9.17, 15) is 9.59 Å². The first-order chi connectivity index (χ1) is 12.7. The Balaban J connectivity index is 3.88. The van der Waals surface area contributed by atoms with Crippen LogP contribution in [0.4, 0.5) is 4.79 Å². The summed E-state index contributed by atoms with van der Waals surface area (Å²) in [6.45, 7) is 18.3. The second kappa shape index (κ2) is 12.1. The molecule has 0 aliphatic heterocycles. The van der Waals surface area contributed by atoms with Crippen LogP contribution in [-0.2, 0) is 4.79 Å². The number of ketones is 1. The average molecular weight is 416 g/mol. The fourth-order valence-corrected chi connectivity index (χ4v) is 3.88. The summed E-state index contributed by atoms with van der Waals surface area (Å²) in [5.41, 5.74) is -1.36. The van der Waals surface area contributed by atoms with Crippen LogP contribution in [0.3, 0.4) is 0 Å². The lowest BCUT2D eigenvalue weighted by Crippen LogP contribution is -2.57. The van der Waals surface area contributed by atoms with Crippen LogP contribution in [0.15, 0.2) is 0 Å². The van der Waals surface area contributed by atoms with Crippen molar-refractivity contribution in [3.05, 3.63) is 0 Å². The molecular formula is C22H45N3O2S. The Morgan fingerprint density at radius 2 is 1.43 bits per heavy atom. The number of rotatable bonds is 12. The summed E-state index contributed by atoms with van der Waals surface area (Å²) in [5.74, 6) is 1.27. The SMILES string of the molecule is CN(CCNCCCCCCSC(C)(C)C)C(=O)NC(C)(C)C(=O)C(C)(C)C. The van der Waals surface area contributed by atoms with Crippen molar-refractivity contribution in [2.75, 3.05) is 32.4 Å². The Morgan fingerprint density at radius 1 is 0.857 bits per heavy atom. The van der Waals surface area contributed by atoms with Crippen LogP contribution in [0.25, 0.3) is 0 Å². The summed E-state index contributed by atoms with van der Waals surface area (Å²) in [5, 5.41) is 6.26. The summed E-state index contributed by atoms with van der Waals surface area (Å²) in [6.07, 6.45) is 4.98. The molecule has 0 aromatic rings. The largest absolute Gasteiger partial charge is 0.327 e. The predicted molar refractivity (Wildman–Crippen MR) is 123 cm³/mol. The molecule has 0 saturated heterocycles. The number of likely N-dealkylation sites (N-methyl/N-ethyl adjacent to an activating group) is 1. The molecule has 166 valence electrons. The van der Waals surface area contributed by atoms with Crippen molar-refractivity contribution >= 4 is 23.6 Å². The van der Waals surface area contributed by atoms with Crippen molar-refractivity contribution in [1.82, 2.24) is 15.5 Å². The highest BCUT2D eigenvalue weighted by Crippen LogP contribution is 2.24. The normalized spacial score (nSPS) is 12.8. The van der Waals surface area contributed by atoms with Gasteiger partial charge in [0.15, 0.2) is 5.78 Å². The Kier molecular flexibility index (Phi) is 11.7. The van der Waals surface area contributed by atoms with E-state index in [1.54, 1.807) is 25.8 Å². The van der Waals surface area contributed by atoms with Crippen LogP contribution in [0.5, 0.6) is 0 Å². The number of carbonyl (C=O) groups is 2. The molecule has 6 heteroatoms. The first kappa shape index (κ1) is 27.2. The monoisotopic (exact) mass is 415 g/mol. The van der Waals surface area contributed by atoms with Crippen molar-refractivity contribution < 1.29 is 9.59 Å². The highest BCUT2D eigenvalue weighted by molar-refractivity contribution is 8.00. The lowest BCUT2D eigenvalue weighted by atomic mass is 9.80. The van der Waals surface area contributed by atoms with Crippen molar-refractivity contribution in [3.8, 4) is 0 Å². The van der Waals surface area contributed by atoms with Gasteiger partial charge in [0.2, 0.25) is 0 Å². The second-order valence-electron chi connectivity index (χ2n) is 10.2. The number of unbranched alkanes of at least 4 members (excludes halogenated alkanes) is 3. The number of thioether (sulfide) groups is 1. The van der Waals surface area contributed by atoms with E-state index >= 15 is 0 Å². The zero-order valence-corrected chi connectivity index (χ0v) is 20.6. The van der Waals surface area contributed by atoms with E-state index in [1.165, 1.54) is 31.4 Å². The van der Waals surface area contributed by atoms with Crippen LogP contribution >= 0.6 is 11.8 Å². The van der Waals surface area contributed by atoms with Gasteiger partial charge in [-0.1, -0.05) is 54.4 Å². The Morgan fingerprint density at radius 3 is 1.96 bits per heavy atom. The van der Waals surface area contributed by atoms with Crippen molar-refractivity contribution in [1.29, 1.82) is 0 Å². The highest BCUT2D eigenvalue weighted by Gasteiger charge is 2.37. The van der Waals surface area contributed by atoms with E-state index < -0.39 is 11.0 Å². The zero-order chi connectivity index (χ0) is 22.0. The lowest BCUT2D eigenvalue weighted by molar-refractivity contribution is -0.131. The van der Waals surface area contributed by atoms with Gasteiger partial charge in [-0.2, -0.15) is 11.8 Å². The first-order valence-corrected chi connectivity index (χ1v) is 11.6. The van der Waals surface area contributed by atoms with Crippen molar-refractivity contribution in [3.63, 3.8) is 0 Å². The average Bonchev–Trinajstić information content (AvgIpc) is 2.53. The van der Waals surface area contributed by atoms with Gasteiger partial charge in [-0.05, 0) is 39.0 Å². The maximum absolute atomic E-state index is 12.5. The minimum absolute atomic E-state index is 0.0285. The summed E-state index contributed by atoms with van der Waals surface area (Å²) in [4.78, 5) is 26.5. The molecule has 2 N–H and O–H groups in total. The molecule has 0 bridgehead atoms. The lowest BCUT2D eigenvalue weighted by Gasteiger charge is -2.33. The van der Waals surface area contributed by atoms with Gasteiger partial charge >= 0.3 is 6.03 Å². The van der Waals surface area contributed by atoms with Crippen molar-refractivity contribution in [2.24, 2.45) is 5.41 Å². The summed E-state index contributed by atoms with van der Waals surface area (Å²) in [7, 11) is 1.77. The van der Waals surface area contributed by atoms with Crippen LogP contribution in [-0.4, -0.2) is 59.4 Å². The summed E-state index contributed by atoms with van der Waals surface area (Å²) >= 11 is 2.04. The van der Waals surface area contributed by atoms with E-state index in [-0.39, 0.29) is 11.8 Å². The number of amides is 2. The summed E-state index contributed by atoms with van der Waals surface area (Å²) in [6, 6.07) is -0.208. The first-order valence-electron chi connectivity index (χ1n) is 10.6. The molecule has 0 rings (SSSR count). The number of nitrogens with one attached hydrogen (secondary N) is 2. The maximum Gasteiger partial charge on any atom is 0.317 e. The van der Waals surface area contributed by atoms with Crippen molar-refractivity contribution in [2.45, 2.75) is 91.4 Å². The number of nitrogens with zero attached hydrogens (tertiary/aromatic N) is 1. The van der Waals surface area contributed by atoms with Crippen LogP contribution in [0.2, 0.25) is 0 Å².